The fourth-order valence-corrected chi connectivity index (χ4v) is 2.96. The number of cyclic esters (lactones) is 1. The molecule has 0 N–H and O–H groups in total. The topological polar surface area (TPSA) is 51.5 Å². The molecule has 106 valence electrons. The highest BCUT2D eigenvalue weighted by Gasteiger charge is 2.25. The molecule has 0 radical (unpaired) electrons. The Morgan fingerprint density at radius 2 is 2.14 bits per heavy atom. The van der Waals surface area contributed by atoms with Gasteiger partial charge in [-0.1, -0.05) is 29.3 Å². The molecule has 0 aliphatic carbocycles. The molecule has 0 bridgehead atoms. The highest BCUT2D eigenvalue weighted by Crippen LogP contribution is 2.30. The molecule has 0 spiro atoms. The number of ether oxygens (including phenoxy) is 1. The lowest BCUT2D eigenvalue weighted by Gasteiger charge is -1.98. The van der Waals surface area contributed by atoms with E-state index in [4.69, 9.17) is 27.9 Å². The summed E-state index contributed by atoms with van der Waals surface area (Å²) in [5, 5.41) is 0.180. The minimum Gasteiger partial charge on any atom is -0.402 e. The van der Waals surface area contributed by atoms with Crippen molar-refractivity contribution in [2.75, 3.05) is 0 Å². The molecule has 1 aromatic carbocycles. The summed E-state index contributed by atoms with van der Waals surface area (Å²) in [7, 11) is 0. The predicted molar refractivity (Wildman–Crippen MR) is 79.1 cm³/mol. The van der Waals surface area contributed by atoms with Gasteiger partial charge in [-0.3, -0.25) is 0 Å². The van der Waals surface area contributed by atoms with Crippen LogP contribution < -0.4 is 0 Å². The number of hydrogen-bond acceptors (Lipinski definition) is 5. The molecule has 1 aliphatic rings. The van der Waals surface area contributed by atoms with Gasteiger partial charge in [-0.2, -0.15) is 0 Å². The summed E-state index contributed by atoms with van der Waals surface area (Å²) in [5.74, 6) is -1.05. The Labute approximate surface area is 132 Å². The third kappa shape index (κ3) is 2.97. The number of benzene rings is 1. The molecule has 0 fully saturated rings. The Kier molecular flexibility index (Phi) is 3.75. The Morgan fingerprint density at radius 3 is 2.81 bits per heavy atom. The number of aromatic nitrogens is 1. The van der Waals surface area contributed by atoms with E-state index in [1.54, 1.807) is 6.07 Å². The summed E-state index contributed by atoms with van der Waals surface area (Å²) in [5.41, 5.74) is 0.427. The third-order valence-corrected chi connectivity index (χ3v) is 4.05. The number of halogens is 3. The molecule has 0 amide bonds. The van der Waals surface area contributed by atoms with Gasteiger partial charge >= 0.3 is 5.97 Å². The Bertz CT molecular complexity index is 801. The third-order valence-electron chi connectivity index (χ3n) is 2.54. The summed E-state index contributed by atoms with van der Waals surface area (Å²) in [6.45, 7) is 0. The van der Waals surface area contributed by atoms with Crippen LogP contribution in [0.5, 0.6) is 0 Å². The van der Waals surface area contributed by atoms with Crippen LogP contribution in [0.3, 0.4) is 0 Å². The van der Waals surface area contributed by atoms with Crippen LogP contribution in [0.15, 0.2) is 35.0 Å². The minimum absolute atomic E-state index is 0.0393. The molecule has 1 aliphatic heterocycles. The van der Waals surface area contributed by atoms with E-state index in [-0.39, 0.29) is 21.2 Å². The van der Waals surface area contributed by atoms with E-state index in [9.17, 15) is 9.18 Å². The van der Waals surface area contributed by atoms with Crippen molar-refractivity contribution in [2.24, 2.45) is 4.99 Å². The van der Waals surface area contributed by atoms with Crippen molar-refractivity contribution in [3.05, 3.63) is 55.8 Å². The number of hydrogen-bond donors (Lipinski definition) is 0. The van der Waals surface area contributed by atoms with E-state index in [1.807, 2.05) is 0 Å². The monoisotopic (exact) mass is 342 g/mol. The average molecular weight is 343 g/mol. The zero-order chi connectivity index (χ0) is 15.0. The Hall–Kier alpha value is -1.76. The van der Waals surface area contributed by atoms with E-state index in [0.717, 1.165) is 11.3 Å². The SMILES string of the molecule is O=C1OC(c2cccc(F)c2)=N/C1=C/c1sc(Cl)nc1Cl. The van der Waals surface area contributed by atoms with Crippen LogP contribution in [0.4, 0.5) is 4.39 Å². The number of aliphatic imine (C=N–C) groups is 1. The van der Waals surface area contributed by atoms with Gasteiger partial charge in [-0.05, 0) is 24.3 Å². The molecule has 0 unspecified atom stereocenters. The lowest BCUT2D eigenvalue weighted by atomic mass is 10.2. The van der Waals surface area contributed by atoms with Crippen molar-refractivity contribution in [3.63, 3.8) is 0 Å². The van der Waals surface area contributed by atoms with Crippen molar-refractivity contribution >= 4 is 52.5 Å². The maximum Gasteiger partial charge on any atom is 0.363 e. The van der Waals surface area contributed by atoms with Gasteiger partial charge in [-0.25, -0.2) is 19.2 Å². The molecular weight excluding hydrogens is 338 g/mol. The second-order valence-electron chi connectivity index (χ2n) is 3.97. The number of rotatable bonds is 2. The van der Waals surface area contributed by atoms with E-state index in [0.29, 0.717) is 10.4 Å². The second-order valence-corrected chi connectivity index (χ2v) is 5.94. The first-order chi connectivity index (χ1) is 10.0. The quantitative estimate of drug-likeness (QED) is 0.613. The van der Waals surface area contributed by atoms with Crippen LogP contribution in [0.25, 0.3) is 6.08 Å². The first-order valence-electron chi connectivity index (χ1n) is 5.63. The van der Waals surface area contributed by atoms with Gasteiger partial charge in [0.05, 0.1) is 4.88 Å². The largest absolute Gasteiger partial charge is 0.402 e. The molecule has 4 nitrogen and oxygen atoms in total. The summed E-state index contributed by atoms with van der Waals surface area (Å²) >= 11 is 12.7. The highest BCUT2D eigenvalue weighted by molar-refractivity contribution is 7.17. The molecule has 2 aromatic rings. The minimum atomic E-state index is -0.644. The smallest absolute Gasteiger partial charge is 0.363 e. The summed E-state index contributed by atoms with van der Waals surface area (Å²) in [6.07, 6.45) is 1.43. The van der Waals surface area contributed by atoms with Crippen LogP contribution in [-0.4, -0.2) is 16.9 Å². The van der Waals surface area contributed by atoms with E-state index in [2.05, 4.69) is 9.98 Å². The van der Waals surface area contributed by atoms with Gasteiger partial charge in [-0.15, -0.1) is 11.3 Å². The normalized spacial score (nSPS) is 16.2. The number of carbonyl (C=O) groups excluding carboxylic acids is 1. The zero-order valence-electron chi connectivity index (χ0n) is 10.1. The van der Waals surface area contributed by atoms with Crippen LogP contribution in [0.2, 0.25) is 9.62 Å². The standard InChI is InChI=1S/C13H5Cl2FN2O2S/c14-10-9(21-13(15)18-10)5-8-12(19)20-11(17-8)6-2-1-3-7(16)4-6/h1-5H/b8-5+. The molecule has 0 saturated heterocycles. The van der Waals surface area contributed by atoms with Gasteiger partial charge in [0.25, 0.3) is 0 Å². The van der Waals surface area contributed by atoms with Crippen LogP contribution >= 0.6 is 34.5 Å². The Balaban J connectivity index is 1.97. The van der Waals surface area contributed by atoms with Gasteiger partial charge in [0.2, 0.25) is 5.90 Å². The lowest BCUT2D eigenvalue weighted by Crippen LogP contribution is -2.05. The van der Waals surface area contributed by atoms with Crippen LogP contribution in [0, 0.1) is 5.82 Å². The van der Waals surface area contributed by atoms with Gasteiger partial charge < -0.3 is 4.74 Å². The molecule has 0 atom stereocenters. The maximum atomic E-state index is 13.2. The van der Waals surface area contributed by atoms with Gasteiger partial charge in [0.1, 0.15) is 11.0 Å². The number of carbonyl (C=O) groups is 1. The van der Waals surface area contributed by atoms with Crippen molar-refractivity contribution < 1.29 is 13.9 Å². The van der Waals surface area contributed by atoms with E-state index in [1.165, 1.54) is 24.3 Å². The summed E-state index contributed by atoms with van der Waals surface area (Å²) in [6, 6.07) is 5.61. The Morgan fingerprint density at radius 1 is 1.33 bits per heavy atom. The molecule has 2 heterocycles. The fraction of sp³-hybridized carbons (Fsp3) is 0. The van der Waals surface area contributed by atoms with Crippen molar-refractivity contribution in [3.8, 4) is 0 Å². The van der Waals surface area contributed by atoms with Crippen molar-refractivity contribution in [1.82, 2.24) is 4.98 Å². The molecule has 1 aromatic heterocycles. The van der Waals surface area contributed by atoms with Crippen molar-refractivity contribution in [1.29, 1.82) is 0 Å². The molecular formula is C13H5Cl2FN2O2S. The maximum absolute atomic E-state index is 13.2. The van der Waals surface area contributed by atoms with E-state index < -0.39 is 11.8 Å². The molecule has 0 saturated carbocycles. The zero-order valence-corrected chi connectivity index (χ0v) is 12.5. The first kappa shape index (κ1) is 14.2. The number of esters is 1. The molecule has 8 heteroatoms. The van der Waals surface area contributed by atoms with Crippen molar-refractivity contribution in [2.45, 2.75) is 0 Å². The van der Waals surface area contributed by atoms with Gasteiger partial charge in [0.15, 0.2) is 10.2 Å². The second kappa shape index (κ2) is 5.55. The van der Waals surface area contributed by atoms with Crippen LogP contribution in [-0.2, 0) is 9.53 Å². The van der Waals surface area contributed by atoms with E-state index >= 15 is 0 Å². The average Bonchev–Trinajstić information content (AvgIpc) is 2.94. The molecule has 21 heavy (non-hydrogen) atoms. The predicted octanol–water partition coefficient (Wildman–Crippen LogP) is 3.93. The lowest BCUT2D eigenvalue weighted by molar-refractivity contribution is -0.129. The van der Waals surface area contributed by atoms with Crippen LogP contribution in [0.1, 0.15) is 10.4 Å². The first-order valence-corrected chi connectivity index (χ1v) is 7.20. The number of thiazole rings is 1. The highest BCUT2D eigenvalue weighted by atomic mass is 35.5. The molecule has 3 rings (SSSR count). The van der Waals surface area contributed by atoms with Gasteiger partial charge in [0, 0.05) is 5.56 Å². The fourth-order valence-electron chi connectivity index (χ4n) is 1.66. The summed E-state index contributed by atoms with van der Waals surface area (Å²) < 4.78 is 18.4. The number of nitrogens with zero attached hydrogens (tertiary/aromatic N) is 2. The summed E-state index contributed by atoms with van der Waals surface area (Å²) in [4.78, 5) is 20.1.